The Hall–Kier alpha value is -2.14. The van der Waals surface area contributed by atoms with Crippen LogP contribution in [-0.2, 0) is 6.54 Å². The number of hydrogen-bond donors (Lipinski definition) is 1. The van der Waals surface area contributed by atoms with Crippen molar-refractivity contribution in [1.29, 1.82) is 0 Å². The van der Waals surface area contributed by atoms with Crippen molar-refractivity contribution in [1.82, 2.24) is 9.55 Å². The van der Waals surface area contributed by atoms with Crippen LogP contribution in [0.1, 0.15) is 30.9 Å². The van der Waals surface area contributed by atoms with Crippen molar-refractivity contribution in [2.45, 2.75) is 26.0 Å². The van der Waals surface area contributed by atoms with Crippen LogP contribution in [0.15, 0.2) is 41.2 Å². The molecule has 3 rings (SSSR count). The summed E-state index contributed by atoms with van der Waals surface area (Å²) in [6.07, 6.45) is 3.35. The number of imidazole rings is 1. The number of rotatable bonds is 4. The van der Waals surface area contributed by atoms with Crippen molar-refractivity contribution < 1.29 is 13.9 Å². The first-order valence-corrected chi connectivity index (χ1v) is 6.56. The number of halogens is 1. The summed E-state index contributed by atoms with van der Waals surface area (Å²) < 4.78 is 20.6. The Bertz CT molecular complexity index is 732. The van der Waals surface area contributed by atoms with Gasteiger partial charge < -0.3 is 14.1 Å². The lowest BCUT2D eigenvalue weighted by Gasteiger charge is -2.10. The predicted octanol–water partition coefficient (Wildman–Crippen LogP) is 3.26. The Morgan fingerprint density at radius 2 is 2.25 bits per heavy atom. The van der Waals surface area contributed by atoms with E-state index in [-0.39, 0.29) is 5.82 Å². The molecule has 0 radical (unpaired) electrons. The largest absolute Gasteiger partial charge is 0.458 e. The fourth-order valence-corrected chi connectivity index (χ4v) is 2.30. The normalized spacial score (nSPS) is 12.9. The molecule has 0 aliphatic rings. The Balaban J connectivity index is 1.99. The molecule has 0 aliphatic heterocycles. The van der Waals surface area contributed by atoms with Crippen molar-refractivity contribution in [3.8, 4) is 0 Å². The third kappa shape index (κ3) is 2.20. The Morgan fingerprint density at radius 3 is 3.05 bits per heavy atom. The molecule has 0 aliphatic carbocycles. The van der Waals surface area contributed by atoms with Gasteiger partial charge in [-0.05, 0) is 30.7 Å². The fraction of sp³-hybridized carbons (Fsp3) is 0.267. The lowest BCUT2D eigenvalue weighted by atomic mass is 10.2. The van der Waals surface area contributed by atoms with Crippen molar-refractivity contribution >= 4 is 11.0 Å². The van der Waals surface area contributed by atoms with Gasteiger partial charge in [0.2, 0.25) is 0 Å². The van der Waals surface area contributed by atoms with Gasteiger partial charge in [-0.15, -0.1) is 0 Å². The molecule has 0 bridgehead atoms. The number of aliphatic hydroxyl groups excluding tert-OH is 1. The molecule has 1 atom stereocenters. The third-order valence-corrected chi connectivity index (χ3v) is 3.26. The van der Waals surface area contributed by atoms with Gasteiger partial charge in [-0.1, -0.05) is 6.92 Å². The van der Waals surface area contributed by atoms with E-state index >= 15 is 0 Å². The second-order valence-electron chi connectivity index (χ2n) is 4.75. The zero-order valence-electron chi connectivity index (χ0n) is 11.1. The number of fused-ring (bicyclic) bond motifs is 1. The second kappa shape index (κ2) is 5.09. The molecule has 0 fully saturated rings. The number of aromatic nitrogens is 2. The van der Waals surface area contributed by atoms with Crippen molar-refractivity contribution in [2.75, 3.05) is 0 Å². The minimum atomic E-state index is -0.903. The van der Waals surface area contributed by atoms with E-state index in [1.807, 2.05) is 4.57 Å². The zero-order chi connectivity index (χ0) is 14.1. The molecule has 0 amide bonds. The van der Waals surface area contributed by atoms with Crippen LogP contribution in [-0.4, -0.2) is 14.7 Å². The minimum Gasteiger partial charge on any atom is -0.458 e. The first-order chi connectivity index (χ1) is 9.69. The zero-order valence-corrected chi connectivity index (χ0v) is 11.1. The van der Waals surface area contributed by atoms with E-state index in [0.29, 0.717) is 22.4 Å². The molecular formula is C15H15FN2O2. The predicted molar refractivity (Wildman–Crippen MR) is 72.8 cm³/mol. The molecule has 5 heteroatoms. The van der Waals surface area contributed by atoms with Gasteiger partial charge in [0.1, 0.15) is 17.2 Å². The Morgan fingerprint density at radius 1 is 1.40 bits per heavy atom. The number of furan rings is 1. The Labute approximate surface area is 115 Å². The summed E-state index contributed by atoms with van der Waals surface area (Å²) >= 11 is 0. The molecule has 2 aromatic heterocycles. The van der Waals surface area contributed by atoms with Crippen molar-refractivity contribution in [3.05, 3.63) is 54.1 Å². The van der Waals surface area contributed by atoms with Crippen LogP contribution < -0.4 is 0 Å². The maximum Gasteiger partial charge on any atom is 0.153 e. The van der Waals surface area contributed by atoms with Gasteiger partial charge in [0, 0.05) is 11.9 Å². The van der Waals surface area contributed by atoms with Gasteiger partial charge >= 0.3 is 0 Å². The van der Waals surface area contributed by atoms with E-state index < -0.39 is 6.10 Å². The number of benzene rings is 1. The third-order valence-electron chi connectivity index (χ3n) is 3.26. The molecular weight excluding hydrogens is 259 g/mol. The lowest BCUT2D eigenvalue weighted by Crippen LogP contribution is -2.07. The monoisotopic (exact) mass is 274 g/mol. The van der Waals surface area contributed by atoms with E-state index in [9.17, 15) is 9.50 Å². The van der Waals surface area contributed by atoms with Gasteiger partial charge in [0.25, 0.3) is 0 Å². The summed E-state index contributed by atoms with van der Waals surface area (Å²) in [7, 11) is 0. The van der Waals surface area contributed by atoms with Crippen LogP contribution in [0.4, 0.5) is 4.39 Å². The molecule has 104 valence electrons. The average molecular weight is 274 g/mol. The van der Waals surface area contributed by atoms with E-state index in [2.05, 4.69) is 11.9 Å². The molecule has 1 unspecified atom stereocenters. The maximum absolute atomic E-state index is 13.2. The molecule has 1 N–H and O–H groups in total. The minimum absolute atomic E-state index is 0.324. The van der Waals surface area contributed by atoms with Crippen LogP contribution in [0.25, 0.3) is 11.0 Å². The van der Waals surface area contributed by atoms with Crippen LogP contribution >= 0.6 is 0 Å². The summed E-state index contributed by atoms with van der Waals surface area (Å²) in [5.41, 5.74) is 1.23. The van der Waals surface area contributed by atoms with Crippen LogP contribution in [0, 0.1) is 5.82 Å². The Kier molecular flexibility index (Phi) is 3.28. The summed E-state index contributed by atoms with van der Waals surface area (Å²) in [5.74, 6) is 0.0683. The highest BCUT2D eigenvalue weighted by Gasteiger charge is 2.19. The average Bonchev–Trinajstić information content (AvgIpc) is 3.04. The number of nitrogens with zero attached hydrogens (tertiary/aromatic N) is 2. The molecule has 0 saturated carbocycles. The van der Waals surface area contributed by atoms with E-state index in [1.165, 1.54) is 12.1 Å². The summed E-state index contributed by atoms with van der Waals surface area (Å²) in [6, 6.07) is 5.94. The lowest BCUT2D eigenvalue weighted by molar-refractivity contribution is 0.182. The van der Waals surface area contributed by atoms with Gasteiger partial charge in [-0.3, -0.25) is 0 Å². The van der Waals surface area contributed by atoms with E-state index in [0.717, 1.165) is 13.0 Å². The highest BCUT2D eigenvalue weighted by molar-refractivity contribution is 5.78. The van der Waals surface area contributed by atoms with Crippen LogP contribution in [0.2, 0.25) is 0 Å². The van der Waals surface area contributed by atoms with Crippen LogP contribution in [0.3, 0.4) is 0 Å². The summed E-state index contributed by atoms with van der Waals surface area (Å²) in [6.45, 7) is 2.83. The smallest absolute Gasteiger partial charge is 0.153 e. The van der Waals surface area contributed by atoms with Gasteiger partial charge in [0.05, 0.1) is 18.2 Å². The molecule has 1 aromatic carbocycles. The van der Waals surface area contributed by atoms with Crippen molar-refractivity contribution in [3.63, 3.8) is 0 Å². The topological polar surface area (TPSA) is 51.2 Å². The van der Waals surface area contributed by atoms with E-state index in [1.54, 1.807) is 24.7 Å². The highest BCUT2D eigenvalue weighted by Crippen LogP contribution is 2.28. The molecule has 3 aromatic rings. The first-order valence-electron chi connectivity index (χ1n) is 6.56. The van der Waals surface area contributed by atoms with Crippen molar-refractivity contribution in [2.24, 2.45) is 0 Å². The van der Waals surface area contributed by atoms with E-state index in [4.69, 9.17) is 4.42 Å². The van der Waals surface area contributed by atoms with Crippen LogP contribution in [0.5, 0.6) is 0 Å². The number of aliphatic hydroxyl groups is 1. The number of aryl methyl sites for hydroxylation is 1. The highest BCUT2D eigenvalue weighted by atomic mass is 19.1. The first kappa shape index (κ1) is 12.9. The van der Waals surface area contributed by atoms with Gasteiger partial charge in [0.15, 0.2) is 6.10 Å². The maximum atomic E-state index is 13.2. The molecule has 20 heavy (non-hydrogen) atoms. The summed E-state index contributed by atoms with van der Waals surface area (Å²) in [4.78, 5) is 4.06. The standard InChI is InChI=1S/C15H15FN2O2/c1-2-5-18-9-17-8-12(18)15(19)14-7-10-6-11(16)3-4-13(10)20-14/h3-4,6-9,15,19H,2,5H2,1H3. The molecule has 0 saturated heterocycles. The SMILES string of the molecule is CCCn1cncc1C(O)c1cc2cc(F)ccc2o1. The summed E-state index contributed by atoms with van der Waals surface area (Å²) in [5, 5.41) is 11.0. The quantitative estimate of drug-likeness (QED) is 0.794. The second-order valence-corrected chi connectivity index (χ2v) is 4.75. The molecule has 0 spiro atoms. The van der Waals surface area contributed by atoms with Gasteiger partial charge in [-0.2, -0.15) is 0 Å². The molecule has 2 heterocycles. The number of hydrogen-bond acceptors (Lipinski definition) is 3. The van der Waals surface area contributed by atoms with Gasteiger partial charge in [-0.25, -0.2) is 9.37 Å². The fourth-order valence-electron chi connectivity index (χ4n) is 2.30. The molecule has 4 nitrogen and oxygen atoms in total.